The van der Waals surface area contributed by atoms with Crippen LogP contribution in [0.15, 0.2) is 205 Å². The molecule has 11 rings (SSSR count). The largest absolute Gasteiger partial charge is 0.451 e. The van der Waals surface area contributed by atoms with Gasteiger partial charge in [0.1, 0.15) is 16.8 Å². The molecule has 0 fully saturated rings. The number of rotatable bonds is 6. The van der Waals surface area contributed by atoms with Gasteiger partial charge in [-0.25, -0.2) is 9.97 Å². The lowest BCUT2D eigenvalue weighted by atomic mass is 9.96. The van der Waals surface area contributed by atoms with Gasteiger partial charge < -0.3 is 8.98 Å². The van der Waals surface area contributed by atoms with Crippen molar-refractivity contribution < 1.29 is 4.42 Å². The smallest absolute Gasteiger partial charge is 0.180 e. The molecule has 0 aliphatic rings. The van der Waals surface area contributed by atoms with Crippen molar-refractivity contribution >= 4 is 43.9 Å². The summed E-state index contributed by atoms with van der Waals surface area (Å²) in [6.45, 7) is 0. The van der Waals surface area contributed by atoms with Gasteiger partial charge in [-0.1, -0.05) is 170 Å². The molecule has 0 N–H and O–H groups in total. The van der Waals surface area contributed by atoms with Gasteiger partial charge in [0, 0.05) is 44.1 Å². The van der Waals surface area contributed by atoms with Crippen LogP contribution in [0.3, 0.4) is 0 Å². The van der Waals surface area contributed by atoms with E-state index in [-0.39, 0.29) is 0 Å². The van der Waals surface area contributed by atoms with Crippen LogP contribution in [0.4, 0.5) is 0 Å². The van der Waals surface area contributed by atoms with Crippen LogP contribution in [0.1, 0.15) is 0 Å². The van der Waals surface area contributed by atoms with E-state index < -0.39 is 0 Å². The fraction of sp³-hybridized carbons (Fsp3) is 0. The second-order valence-corrected chi connectivity index (χ2v) is 14.1. The molecule has 0 amide bonds. The Bertz CT molecular complexity index is 3220. The van der Waals surface area contributed by atoms with Crippen LogP contribution < -0.4 is 0 Å². The lowest BCUT2D eigenvalue weighted by molar-refractivity contribution is 0.668. The van der Waals surface area contributed by atoms with E-state index in [9.17, 15) is 0 Å². The number of nitrogens with zero attached hydrogens (tertiary/aromatic N) is 3. The number of benzene rings is 8. The highest BCUT2D eigenvalue weighted by Gasteiger charge is 2.21. The Morgan fingerprint density at radius 3 is 1.70 bits per heavy atom. The van der Waals surface area contributed by atoms with Crippen LogP contribution in [0, 0.1) is 0 Å². The van der Waals surface area contributed by atoms with Crippen LogP contribution in [0.5, 0.6) is 0 Å². The van der Waals surface area contributed by atoms with E-state index in [1.807, 2.05) is 24.3 Å². The molecule has 0 bridgehead atoms. The summed E-state index contributed by atoms with van der Waals surface area (Å²) in [6, 6.07) is 70.3. The Morgan fingerprint density at radius 2 is 0.929 bits per heavy atom. The predicted octanol–water partition coefficient (Wildman–Crippen LogP) is 13.8. The second-order valence-electron chi connectivity index (χ2n) is 14.1. The summed E-state index contributed by atoms with van der Waals surface area (Å²) in [6.07, 6.45) is 0. The molecule has 3 aromatic heterocycles. The minimum absolute atomic E-state index is 0.664. The van der Waals surface area contributed by atoms with Gasteiger partial charge in [0.25, 0.3) is 0 Å². The first-order valence-electron chi connectivity index (χ1n) is 18.9. The molecule has 56 heavy (non-hydrogen) atoms. The van der Waals surface area contributed by atoms with Crippen molar-refractivity contribution in [1.82, 2.24) is 14.5 Å². The maximum atomic E-state index is 6.93. The average molecular weight is 716 g/mol. The molecule has 0 unspecified atom stereocenters. The van der Waals surface area contributed by atoms with Crippen molar-refractivity contribution in [2.75, 3.05) is 0 Å². The van der Waals surface area contributed by atoms with Crippen LogP contribution in [0.25, 0.3) is 106 Å². The van der Waals surface area contributed by atoms with Crippen molar-refractivity contribution in [1.29, 1.82) is 0 Å². The molecule has 0 saturated carbocycles. The molecule has 0 saturated heterocycles. The van der Waals surface area contributed by atoms with Crippen molar-refractivity contribution in [3.05, 3.63) is 200 Å². The molecule has 0 aliphatic carbocycles. The number of hydrogen-bond donors (Lipinski definition) is 0. The van der Waals surface area contributed by atoms with Gasteiger partial charge >= 0.3 is 0 Å². The number of para-hydroxylation sites is 4. The van der Waals surface area contributed by atoms with E-state index in [2.05, 4.69) is 180 Å². The van der Waals surface area contributed by atoms with Gasteiger partial charge in [-0.05, 0) is 52.6 Å². The summed E-state index contributed by atoms with van der Waals surface area (Å²) in [7, 11) is 0. The Hall–Kier alpha value is -7.56. The van der Waals surface area contributed by atoms with E-state index in [0.717, 1.165) is 61.2 Å². The van der Waals surface area contributed by atoms with Crippen molar-refractivity contribution in [3.8, 4) is 61.7 Å². The quantitative estimate of drug-likeness (QED) is 0.172. The minimum atomic E-state index is 0.664. The van der Waals surface area contributed by atoms with Gasteiger partial charge in [-0.2, -0.15) is 0 Å². The van der Waals surface area contributed by atoms with E-state index in [0.29, 0.717) is 11.4 Å². The van der Waals surface area contributed by atoms with Crippen molar-refractivity contribution in [3.63, 3.8) is 0 Å². The molecule has 3 heterocycles. The molecule has 4 heteroatoms. The Labute approximate surface area is 323 Å². The summed E-state index contributed by atoms with van der Waals surface area (Å²) in [5, 5.41) is 3.41. The molecule has 0 aliphatic heterocycles. The van der Waals surface area contributed by atoms with Gasteiger partial charge in [-0.3, -0.25) is 0 Å². The summed E-state index contributed by atoms with van der Waals surface area (Å²) in [4.78, 5) is 10.3. The van der Waals surface area contributed by atoms with Crippen LogP contribution in [0.2, 0.25) is 0 Å². The van der Waals surface area contributed by atoms with Crippen LogP contribution in [-0.2, 0) is 0 Å². The summed E-state index contributed by atoms with van der Waals surface area (Å²) < 4.78 is 9.33. The van der Waals surface area contributed by atoms with Gasteiger partial charge in [0.2, 0.25) is 0 Å². The third-order valence-corrected chi connectivity index (χ3v) is 10.8. The number of fused-ring (bicyclic) bond motifs is 6. The summed E-state index contributed by atoms with van der Waals surface area (Å²) in [5.74, 6) is 0.664. The molecular weight excluding hydrogens is 683 g/mol. The molecule has 262 valence electrons. The molecule has 4 nitrogen and oxygen atoms in total. The Balaban J connectivity index is 1.10. The first kappa shape index (κ1) is 31.9. The number of hydrogen-bond acceptors (Lipinski definition) is 3. The molecule has 0 atom stereocenters. The molecule has 11 aromatic rings. The molecule has 0 radical (unpaired) electrons. The van der Waals surface area contributed by atoms with Gasteiger partial charge in [0.15, 0.2) is 11.4 Å². The third kappa shape index (κ3) is 5.23. The zero-order chi connectivity index (χ0) is 37.0. The molecular formula is C52H33N3O. The second kappa shape index (κ2) is 13.1. The average Bonchev–Trinajstić information content (AvgIpc) is 3.83. The molecule has 8 aromatic carbocycles. The standard InChI is InChI=1S/C52H33N3O/c1-4-15-34(16-5-1)35-29-31-36(32-30-35)47-51-48(54-52(53-47)37-17-6-2-7-18-37)45-27-14-25-42(50(45)56-51)39-20-12-19-38(33-39)41-24-13-26-44-43-23-10-11-28-46(43)55(49(41)44)40-21-8-3-9-22-40/h1-33H. The Morgan fingerprint density at radius 1 is 0.375 bits per heavy atom. The fourth-order valence-electron chi connectivity index (χ4n) is 8.21. The fourth-order valence-corrected chi connectivity index (χ4v) is 8.21. The Kier molecular flexibility index (Phi) is 7.46. The lowest BCUT2D eigenvalue weighted by Gasteiger charge is -2.12. The minimum Gasteiger partial charge on any atom is -0.451 e. The monoisotopic (exact) mass is 715 g/mol. The maximum Gasteiger partial charge on any atom is 0.180 e. The molecule has 0 spiro atoms. The topological polar surface area (TPSA) is 43.9 Å². The third-order valence-electron chi connectivity index (χ3n) is 10.8. The first-order chi connectivity index (χ1) is 27.8. The van der Waals surface area contributed by atoms with E-state index >= 15 is 0 Å². The van der Waals surface area contributed by atoms with Gasteiger partial charge in [0.05, 0.1) is 11.0 Å². The van der Waals surface area contributed by atoms with E-state index in [4.69, 9.17) is 14.4 Å². The number of furan rings is 1. The van der Waals surface area contributed by atoms with Crippen molar-refractivity contribution in [2.45, 2.75) is 0 Å². The maximum absolute atomic E-state index is 6.93. The van der Waals surface area contributed by atoms with Crippen LogP contribution >= 0.6 is 0 Å². The first-order valence-corrected chi connectivity index (χ1v) is 18.9. The SMILES string of the molecule is c1ccc(-c2ccc(-c3nc(-c4ccccc4)nc4c3oc3c(-c5cccc(-c6cccc7c8ccccc8n(-c8ccccc8)c67)c5)cccc34)cc2)cc1. The van der Waals surface area contributed by atoms with Crippen molar-refractivity contribution in [2.24, 2.45) is 0 Å². The van der Waals surface area contributed by atoms with Gasteiger partial charge in [-0.15, -0.1) is 0 Å². The zero-order valence-corrected chi connectivity index (χ0v) is 30.3. The predicted molar refractivity (Wildman–Crippen MR) is 231 cm³/mol. The lowest BCUT2D eigenvalue weighted by Crippen LogP contribution is -1.95. The normalized spacial score (nSPS) is 11.6. The summed E-state index contributed by atoms with van der Waals surface area (Å²) in [5.41, 5.74) is 15.2. The highest BCUT2D eigenvalue weighted by atomic mass is 16.3. The van der Waals surface area contributed by atoms with Crippen LogP contribution in [-0.4, -0.2) is 14.5 Å². The summed E-state index contributed by atoms with van der Waals surface area (Å²) >= 11 is 0. The van der Waals surface area contributed by atoms with E-state index in [1.165, 1.54) is 32.9 Å². The van der Waals surface area contributed by atoms with E-state index in [1.54, 1.807) is 0 Å². The zero-order valence-electron chi connectivity index (χ0n) is 30.3. The highest BCUT2D eigenvalue weighted by molar-refractivity contribution is 6.14. The number of aromatic nitrogens is 3. The highest BCUT2D eigenvalue weighted by Crippen LogP contribution is 2.42.